The summed E-state index contributed by atoms with van der Waals surface area (Å²) in [7, 11) is 0. The van der Waals surface area contributed by atoms with E-state index in [0.29, 0.717) is 0 Å². The molecule has 0 unspecified atom stereocenters. The van der Waals surface area contributed by atoms with Gasteiger partial charge in [-0.1, -0.05) is 115 Å². The van der Waals surface area contributed by atoms with Crippen molar-refractivity contribution in [3.8, 4) is 44.9 Å². The maximum atomic E-state index is 9.96. The average Bonchev–Trinajstić information content (AvgIpc) is 3.29. The van der Waals surface area contributed by atoms with Gasteiger partial charge >= 0.3 is 0 Å². The van der Waals surface area contributed by atoms with Crippen LogP contribution in [0.15, 0.2) is 145 Å². The molecule has 9 aromatic rings. The molecule has 0 saturated heterocycles. The second-order valence-corrected chi connectivity index (χ2v) is 9.76. The Morgan fingerprint density at radius 1 is 0.349 bits per heavy atom. The zero-order valence-corrected chi connectivity index (χ0v) is 21.4. The highest BCUT2D eigenvalue weighted by molar-refractivity contribution is 6.26. The zero-order chi connectivity index (χ0) is 49.0. The first kappa shape index (κ1) is 9.97. The summed E-state index contributed by atoms with van der Waals surface area (Å²) >= 11 is 0. The molecule has 43 heavy (non-hydrogen) atoms. The van der Waals surface area contributed by atoms with Crippen LogP contribution >= 0.6 is 0 Å². The Morgan fingerprint density at radius 2 is 1.02 bits per heavy atom. The van der Waals surface area contributed by atoms with Crippen molar-refractivity contribution in [1.82, 2.24) is 0 Å². The summed E-state index contributed by atoms with van der Waals surface area (Å²) in [5.74, 6) is -1.14. The van der Waals surface area contributed by atoms with E-state index in [0.717, 1.165) is 0 Å². The average molecular weight is 569 g/mol. The van der Waals surface area contributed by atoms with E-state index >= 15 is 0 Å². The molecule has 0 spiro atoms. The van der Waals surface area contributed by atoms with Crippen LogP contribution in [0.1, 0.15) is 32.9 Å². The Morgan fingerprint density at radius 3 is 1.91 bits per heavy atom. The third-order valence-corrected chi connectivity index (χ3v) is 7.45. The number of hydrogen-bond acceptors (Lipinski definition) is 1. The van der Waals surface area contributed by atoms with Crippen LogP contribution in [0.25, 0.3) is 87.2 Å². The molecule has 0 amide bonds. The lowest BCUT2D eigenvalue weighted by molar-refractivity contribution is 0.487. The van der Waals surface area contributed by atoms with Crippen LogP contribution in [0.3, 0.4) is 0 Å². The Kier molecular flexibility index (Phi) is 1.96. The van der Waals surface area contributed by atoms with E-state index in [9.17, 15) is 11.0 Å². The summed E-state index contributed by atoms with van der Waals surface area (Å²) < 4.78 is 222. The summed E-state index contributed by atoms with van der Waals surface area (Å²) in [4.78, 5) is 0. The molecule has 1 aliphatic heterocycles. The Bertz CT molecular complexity index is 3900. The van der Waals surface area contributed by atoms with E-state index < -0.39 is 228 Å². The highest BCUT2D eigenvalue weighted by Gasteiger charge is 2.21. The molecule has 1 aliphatic rings. The van der Waals surface area contributed by atoms with Crippen LogP contribution < -0.4 is 4.74 Å². The molecule has 9 aromatic carbocycles. The minimum Gasteiger partial charge on any atom is -0.456 e. The van der Waals surface area contributed by atoms with Gasteiger partial charge in [0.2, 0.25) is 0 Å². The Hall–Kier alpha value is -5.66. The highest BCUT2D eigenvalue weighted by Crippen LogP contribution is 2.48. The fourth-order valence-corrected chi connectivity index (χ4v) is 5.58. The van der Waals surface area contributed by atoms with Gasteiger partial charge in [0.15, 0.2) is 0 Å². The monoisotopic (exact) mass is 568 g/mol. The number of benzene rings is 9. The van der Waals surface area contributed by atoms with Crippen LogP contribution in [-0.2, 0) is 0 Å². The Labute approximate surface area is 282 Å². The summed E-state index contributed by atoms with van der Waals surface area (Å²) in [6.07, 6.45) is 0. The first-order chi connectivity index (χ1) is 31.3. The number of hydrogen-bond donors (Lipinski definition) is 0. The number of ether oxygens (including phenoxy) is 1. The van der Waals surface area contributed by atoms with Gasteiger partial charge in [-0.15, -0.1) is 0 Å². The Balaban J connectivity index is 1.47. The van der Waals surface area contributed by atoms with Gasteiger partial charge in [0.05, 0.1) is 32.9 Å². The molecule has 1 heteroatoms. The molecule has 0 N–H and O–H groups in total. The lowest BCUT2D eigenvalue weighted by Gasteiger charge is -2.22. The standard InChI is InChI=1S/C42H24O/c1-2-11-32-30(6-1)22-31(29-18-21-38-37(23-29)34-12-4-9-25-10-5-13-39(43-38)41(25)34)24-36(32)33-19-16-28-15-14-26-7-3-8-27-17-20-35(33)42(28)40(26)27/h1-24H/i1D,2D,3D,4D,5D,6D,7D,8D,9D,10D,11D,12D,13D,14D,15D,16D,17D,18D,19D,20D,21D,22D,23D,24D. The summed E-state index contributed by atoms with van der Waals surface area (Å²) in [5, 5.41) is -4.36. The SMILES string of the molecule is [2H]c1c([2H])c(-c2c([2H])c(-c3c([2H])c([2H])c4c([2H])c([2H])c5c([2H])c([2H])c([2H])c6c([2H])c([2H])c3c4c56)c3c([2H])c([2H])c([2H])c([2H])c3c2[2H])c([2H])c2c1Oc1c([2H])c([2H])c([2H])c3c([2H])c([2H])c([2H])c-2c13. The van der Waals surface area contributed by atoms with Crippen molar-refractivity contribution in [2.75, 3.05) is 0 Å². The molecule has 0 radical (unpaired) electrons. The van der Waals surface area contributed by atoms with Gasteiger partial charge in [-0.25, -0.2) is 0 Å². The van der Waals surface area contributed by atoms with Crippen LogP contribution in [0.4, 0.5) is 0 Å². The summed E-state index contributed by atoms with van der Waals surface area (Å²) in [6, 6.07) is -19.3. The van der Waals surface area contributed by atoms with E-state index in [1.165, 1.54) is 0 Å². The van der Waals surface area contributed by atoms with Crippen molar-refractivity contribution in [3.05, 3.63) is 145 Å². The zero-order valence-electron chi connectivity index (χ0n) is 45.4. The minimum absolute atomic E-state index is 0.271. The van der Waals surface area contributed by atoms with Crippen LogP contribution in [0.2, 0.25) is 0 Å². The molecule has 1 nitrogen and oxygen atoms in total. The largest absolute Gasteiger partial charge is 0.456 e. The lowest BCUT2D eigenvalue weighted by atomic mass is 9.86. The van der Waals surface area contributed by atoms with Crippen LogP contribution in [-0.4, -0.2) is 0 Å². The molecule has 1 heterocycles. The highest BCUT2D eigenvalue weighted by atomic mass is 16.5. The van der Waals surface area contributed by atoms with Crippen molar-refractivity contribution in [2.45, 2.75) is 0 Å². The quantitative estimate of drug-likeness (QED) is 0.188. The molecule has 0 aliphatic carbocycles. The maximum Gasteiger partial charge on any atom is 0.135 e. The maximum absolute atomic E-state index is 9.96. The second kappa shape index (κ2) is 8.44. The number of fused-ring (bicyclic) bond motifs is 3. The molecule has 0 atom stereocenters. The second-order valence-electron chi connectivity index (χ2n) is 9.76. The molecular formula is C42H24O. The van der Waals surface area contributed by atoms with Gasteiger partial charge < -0.3 is 4.74 Å². The van der Waals surface area contributed by atoms with Crippen molar-refractivity contribution < 1.29 is 37.6 Å². The first-order valence-corrected chi connectivity index (χ1v) is 12.9. The topological polar surface area (TPSA) is 9.23 Å². The van der Waals surface area contributed by atoms with E-state index in [1.807, 2.05) is 0 Å². The van der Waals surface area contributed by atoms with Gasteiger partial charge in [0, 0.05) is 10.9 Å². The summed E-state index contributed by atoms with van der Waals surface area (Å²) in [5.41, 5.74) is -3.85. The molecule has 10 rings (SSSR count). The molecule has 198 valence electrons. The van der Waals surface area contributed by atoms with Crippen molar-refractivity contribution in [1.29, 1.82) is 0 Å². The predicted octanol–water partition coefficient (Wildman–Crippen LogP) is 12.0. The van der Waals surface area contributed by atoms with Gasteiger partial charge in [-0.2, -0.15) is 0 Å². The summed E-state index contributed by atoms with van der Waals surface area (Å²) in [6.45, 7) is 0. The predicted molar refractivity (Wildman–Crippen MR) is 182 cm³/mol. The lowest BCUT2D eigenvalue weighted by Crippen LogP contribution is -1.97. The van der Waals surface area contributed by atoms with E-state index in [-0.39, 0.29) is 16.2 Å². The van der Waals surface area contributed by atoms with E-state index in [1.54, 1.807) is 0 Å². The van der Waals surface area contributed by atoms with Gasteiger partial charge in [0.1, 0.15) is 11.5 Å². The molecule has 0 aromatic heterocycles. The molecule has 0 fully saturated rings. The van der Waals surface area contributed by atoms with Crippen LogP contribution in [0.5, 0.6) is 11.5 Å². The van der Waals surface area contributed by atoms with Crippen molar-refractivity contribution in [3.63, 3.8) is 0 Å². The van der Waals surface area contributed by atoms with Crippen LogP contribution in [0, 0.1) is 0 Å². The molecule has 0 saturated carbocycles. The third kappa shape index (κ3) is 3.22. The van der Waals surface area contributed by atoms with Crippen molar-refractivity contribution in [2.24, 2.45) is 0 Å². The van der Waals surface area contributed by atoms with E-state index in [4.69, 9.17) is 26.7 Å². The van der Waals surface area contributed by atoms with Crippen molar-refractivity contribution >= 4 is 53.9 Å². The first-order valence-electron chi connectivity index (χ1n) is 24.9. The normalized spacial score (nSPS) is 20.2. The number of rotatable bonds is 2. The smallest absolute Gasteiger partial charge is 0.135 e. The molecule has 0 bridgehead atoms. The fraction of sp³-hybridized carbons (Fsp3) is 0. The minimum atomic E-state index is -0.974. The van der Waals surface area contributed by atoms with E-state index in [2.05, 4.69) is 0 Å². The van der Waals surface area contributed by atoms with Gasteiger partial charge in [0.25, 0.3) is 0 Å². The third-order valence-electron chi connectivity index (χ3n) is 7.45. The molecular weight excluding hydrogens is 520 g/mol. The fourth-order valence-electron chi connectivity index (χ4n) is 5.58. The van der Waals surface area contributed by atoms with Gasteiger partial charge in [-0.3, -0.25) is 0 Å². The van der Waals surface area contributed by atoms with Gasteiger partial charge in [-0.05, 0) is 107 Å².